The molecule has 18 heavy (non-hydrogen) atoms. The molecule has 2 aliphatic rings. The van der Waals surface area contributed by atoms with E-state index in [0.29, 0.717) is 11.6 Å². The second-order valence-electron chi connectivity index (χ2n) is 5.13. The molecule has 3 rings (SSSR count). The van der Waals surface area contributed by atoms with Crippen molar-refractivity contribution in [2.24, 2.45) is 11.8 Å². The first kappa shape index (κ1) is 11.4. The Morgan fingerprint density at radius 2 is 2.17 bits per heavy atom. The van der Waals surface area contributed by atoms with Crippen molar-refractivity contribution in [1.82, 2.24) is 9.88 Å². The molecule has 0 spiro atoms. The van der Waals surface area contributed by atoms with E-state index >= 15 is 0 Å². The Labute approximate surface area is 105 Å². The molecular formula is C13H16FN3O. The van der Waals surface area contributed by atoms with Crippen LogP contribution in [0, 0.1) is 17.8 Å². The van der Waals surface area contributed by atoms with Crippen LogP contribution in [0.2, 0.25) is 0 Å². The molecule has 1 aromatic rings. The Morgan fingerprint density at radius 3 is 2.83 bits per heavy atom. The third kappa shape index (κ3) is 2.44. The first-order valence-corrected chi connectivity index (χ1v) is 6.40. The molecule has 1 atom stereocenters. The second-order valence-corrected chi connectivity index (χ2v) is 5.13. The van der Waals surface area contributed by atoms with E-state index in [-0.39, 0.29) is 6.03 Å². The Morgan fingerprint density at radius 1 is 1.33 bits per heavy atom. The summed E-state index contributed by atoms with van der Waals surface area (Å²) in [6.45, 7) is 1.67. The molecule has 1 unspecified atom stereocenters. The summed E-state index contributed by atoms with van der Waals surface area (Å²) in [6.07, 6.45) is 5.09. The van der Waals surface area contributed by atoms with Gasteiger partial charge in [0.25, 0.3) is 0 Å². The summed E-state index contributed by atoms with van der Waals surface area (Å²) in [5.41, 5.74) is 0.538. The van der Waals surface area contributed by atoms with Crippen molar-refractivity contribution in [2.45, 2.75) is 19.3 Å². The lowest BCUT2D eigenvalue weighted by molar-refractivity contribution is 0.220. The Hall–Kier alpha value is -1.65. The van der Waals surface area contributed by atoms with E-state index < -0.39 is 5.95 Å². The maximum atomic E-state index is 12.6. The molecule has 1 aliphatic carbocycles. The second kappa shape index (κ2) is 4.55. The van der Waals surface area contributed by atoms with Gasteiger partial charge in [0.2, 0.25) is 5.95 Å². The van der Waals surface area contributed by atoms with Crippen LogP contribution in [-0.2, 0) is 0 Å². The van der Waals surface area contributed by atoms with Gasteiger partial charge in [0.1, 0.15) is 0 Å². The van der Waals surface area contributed by atoms with Crippen molar-refractivity contribution >= 4 is 11.7 Å². The molecule has 0 radical (unpaired) electrons. The fraction of sp³-hybridized carbons (Fsp3) is 0.538. The maximum Gasteiger partial charge on any atom is 0.321 e. The minimum atomic E-state index is -0.539. The molecule has 2 heterocycles. The number of likely N-dealkylation sites (tertiary alicyclic amines) is 1. The lowest BCUT2D eigenvalue weighted by Crippen LogP contribution is -2.33. The number of nitrogens with one attached hydrogen (secondary N) is 1. The average molecular weight is 249 g/mol. The average Bonchev–Trinajstić information content (AvgIpc) is 3.10. The predicted octanol–water partition coefficient (Wildman–Crippen LogP) is 2.48. The summed E-state index contributed by atoms with van der Waals surface area (Å²) in [6, 6.07) is 2.66. The van der Waals surface area contributed by atoms with Gasteiger partial charge in [-0.05, 0) is 43.2 Å². The highest BCUT2D eigenvalue weighted by atomic mass is 19.1. The molecule has 0 bridgehead atoms. The number of rotatable bonds is 2. The number of carbonyl (C=O) groups excluding carboxylic acids is 1. The zero-order chi connectivity index (χ0) is 12.5. The molecule has 2 fully saturated rings. The number of hydrogen-bond donors (Lipinski definition) is 1. The van der Waals surface area contributed by atoms with Crippen molar-refractivity contribution in [3.63, 3.8) is 0 Å². The largest absolute Gasteiger partial charge is 0.324 e. The van der Waals surface area contributed by atoms with Gasteiger partial charge in [-0.15, -0.1) is 0 Å². The predicted molar refractivity (Wildman–Crippen MR) is 65.6 cm³/mol. The van der Waals surface area contributed by atoms with Crippen LogP contribution < -0.4 is 5.32 Å². The zero-order valence-electron chi connectivity index (χ0n) is 10.1. The molecule has 4 nitrogen and oxygen atoms in total. The Kier molecular flexibility index (Phi) is 2.89. The summed E-state index contributed by atoms with van der Waals surface area (Å²) < 4.78 is 12.6. The fourth-order valence-electron chi connectivity index (χ4n) is 2.58. The summed E-state index contributed by atoms with van der Waals surface area (Å²) in [5.74, 6) is 0.986. The number of pyridine rings is 1. The standard InChI is InChI=1S/C13H16FN3O/c14-12-4-3-11(7-15-12)16-13(18)17-6-5-10(8-17)9-1-2-9/h3-4,7,9-10H,1-2,5-6,8H2,(H,16,18). The number of urea groups is 1. The first-order valence-electron chi connectivity index (χ1n) is 6.40. The minimum Gasteiger partial charge on any atom is -0.324 e. The van der Waals surface area contributed by atoms with Crippen LogP contribution in [0.15, 0.2) is 18.3 Å². The van der Waals surface area contributed by atoms with Gasteiger partial charge in [0.05, 0.1) is 11.9 Å². The van der Waals surface area contributed by atoms with Gasteiger partial charge in [0.15, 0.2) is 0 Å². The third-order valence-electron chi connectivity index (χ3n) is 3.78. The SMILES string of the molecule is O=C(Nc1ccc(F)nc1)N1CCC(C2CC2)C1. The molecule has 1 N–H and O–H groups in total. The van der Waals surface area contributed by atoms with Crippen LogP contribution in [0.25, 0.3) is 0 Å². The summed E-state index contributed by atoms with van der Waals surface area (Å²) in [5, 5.41) is 2.75. The van der Waals surface area contributed by atoms with Crippen LogP contribution in [0.4, 0.5) is 14.9 Å². The number of nitrogens with zero attached hydrogens (tertiary/aromatic N) is 2. The molecule has 5 heteroatoms. The van der Waals surface area contributed by atoms with E-state index in [2.05, 4.69) is 10.3 Å². The Balaban J connectivity index is 1.56. The monoisotopic (exact) mass is 249 g/mol. The van der Waals surface area contributed by atoms with Gasteiger partial charge in [-0.3, -0.25) is 0 Å². The number of carbonyl (C=O) groups is 1. The van der Waals surface area contributed by atoms with Crippen molar-refractivity contribution < 1.29 is 9.18 Å². The normalized spacial score (nSPS) is 23.2. The van der Waals surface area contributed by atoms with Crippen molar-refractivity contribution in [3.05, 3.63) is 24.3 Å². The van der Waals surface area contributed by atoms with Crippen molar-refractivity contribution in [3.8, 4) is 0 Å². The summed E-state index contributed by atoms with van der Waals surface area (Å²) >= 11 is 0. The highest BCUT2D eigenvalue weighted by Gasteiger charge is 2.37. The highest BCUT2D eigenvalue weighted by molar-refractivity contribution is 5.89. The van der Waals surface area contributed by atoms with Crippen molar-refractivity contribution in [1.29, 1.82) is 0 Å². The molecular weight excluding hydrogens is 233 g/mol. The number of hydrogen-bond acceptors (Lipinski definition) is 2. The number of halogens is 1. The smallest absolute Gasteiger partial charge is 0.321 e. The zero-order valence-corrected chi connectivity index (χ0v) is 10.1. The molecule has 1 aromatic heterocycles. The Bertz CT molecular complexity index is 444. The quantitative estimate of drug-likeness (QED) is 0.818. The molecule has 1 saturated carbocycles. The summed E-state index contributed by atoms with van der Waals surface area (Å²) in [4.78, 5) is 17.3. The van der Waals surface area contributed by atoms with Gasteiger partial charge in [-0.25, -0.2) is 9.78 Å². The van der Waals surface area contributed by atoms with Gasteiger partial charge in [-0.2, -0.15) is 4.39 Å². The lowest BCUT2D eigenvalue weighted by atomic mass is 10.0. The van der Waals surface area contributed by atoms with E-state index in [0.717, 1.165) is 25.4 Å². The fourth-order valence-corrected chi connectivity index (χ4v) is 2.58. The van der Waals surface area contributed by atoms with E-state index in [1.165, 1.54) is 31.2 Å². The van der Waals surface area contributed by atoms with Crippen LogP contribution in [0.3, 0.4) is 0 Å². The molecule has 1 saturated heterocycles. The van der Waals surface area contributed by atoms with Crippen LogP contribution in [0.1, 0.15) is 19.3 Å². The topological polar surface area (TPSA) is 45.2 Å². The van der Waals surface area contributed by atoms with Gasteiger partial charge in [-0.1, -0.05) is 0 Å². The third-order valence-corrected chi connectivity index (χ3v) is 3.78. The van der Waals surface area contributed by atoms with E-state index in [1.807, 2.05) is 4.90 Å². The maximum absolute atomic E-state index is 12.6. The van der Waals surface area contributed by atoms with E-state index in [9.17, 15) is 9.18 Å². The number of amides is 2. The van der Waals surface area contributed by atoms with Crippen LogP contribution in [0.5, 0.6) is 0 Å². The van der Waals surface area contributed by atoms with E-state index in [4.69, 9.17) is 0 Å². The minimum absolute atomic E-state index is 0.105. The van der Waals surface area contributed by atoms with Crippen LogP contribution >= 0.6 is 0 Å². The van der Waals surface area contributed by atoms with Crippen molar-refractivity contribution in [2.75, 3.05) is 18.4 Å². The highest BCUT2D eigenvalue weighted by Crippen LogP contribution is 2.41. The van der Waals surface area contributed by atoms with Gasteiger partial charge >= 0.3 is 6.03 Å². The first-order chi connectivity index (χ1) is 8.72. The van der Waals surface area contributed by atoms with Gasteiger partial charge < -0.3 is 10.2 Å². The summed E-state index contributed by atoms with van der Waals surface area (Å²) in [7, 11) is 0. The number of anilines is 1. The van der Waals surface area contributed by atoms with E-state index in [1.54, 1.807) is 0 Å². The van der Waals surface area contributed by atoms with Gasteiger partial charge in [0, 0.05) is 13.1 Å². The molecule has 1 aliphatic heterocycles. The molecule has 96 valence electrons. The molecule has 0 aromatic carbocycles. The lowest BCUT2D eigenvalue weighted by Gasteiger charge is -2.17. The molecule has 2 amide bonds. The van der Waals surface area contributed by atoms with Crippen LogP contribution in [-0.4, -0.2) is 29.0 Å². The number of aromatic nitrogens is 1.